The Bertz CT molecular complexity index is 1010. The molecule has 0 aliphatic carbocycles. The van der Waals surface area contributed by atoms with Crippen molar-refractivity contribution < 1.29 is 9.59 Å². The maximum absolute atomic E-state index is 13.1. The van der Waals surface area contributed by atoms with Crippen LogP contribution in [-0.4, -0.2) is 39.2 Å². The molecule has 0 fully saturated rings. The van der Waals surface area contributed by atoms with Gasteiger partial charge in [0.05, 0.1) is 5.52 Å². The lowest BCUT2D eigenvalue weighted by atomic mass is 10.1. The number of aromatic nitrogens is 2. The number of aryl methyl sites for hydroxylation is 2. The fourth-order valence-corrected chi connectivity index (χ4v) is 3.59. The molecule has 0 saturated heterocycles. The molecule has 2 aromatic heterocycles. The second-order valence-electron chi connectivity index (χ2n) is 7.36. The van der Waals surface area contributed by atoms with Gasteiger partial charge in [0.1, 0.15) is 0 Å². The van der Waals surface area contributed by atoms with Crippen LogP contribution in [0.25, 0.3) is 5.52 Å². The van der Waals surface area contributed by atoms with Crippen LogP contribution in [0.15, 0.2) is 42.6 Å². The Balaban J connectivity index is 1.99. The summed E-state index contributed by atoms with van der Waals surface area (Å²) in [6, 6.07) is 11.4. The molecule has 3 rings (SSSR count). The molecule has 1 aromatic carbocycles. The number of carbonyl (C=O) groups is 2. The normalized spacial score (nSPS) is 10.9. The van der Waals surface area contributed by atoms with Crippen LogP contribution in [-0.2, 0) is 0 Å². The monoisotopic (exact) mass is 392 g/mol. The van der Waals surface area contributed by atoms with Crippen LogP contribution in [0.5, 0.6) is 0 Å². The zero-order valence-electron chi connectivity index (χ0n) is 17.5. The molecule has 6 nitrogen and oxygen atoms in total. The van der Waals surface area contributed by atoms with E-state index in [1.165, 1.54) is 0 Å². The van der Waals surface area contributed by atoms with E-state index < -0.39 is 0 Å². The molecule has 2 amide bonds. The van der Waals surface area contributed by atoms with Crippen molar-refractivity contribution in [1.29, 1.82) is 0 Å². The first-order valence-corrected chi connectivity index (χ1v) is 10.1. The third-order valence-electron chi connectivity index (χ3n) is 4.71. The van der Waals surface area contributed by atoms with Crippen molar-refractivity contribution in [2.24, 2.45) is 0 Å². The molecule has 152 valence electrons. The van der Waals surface area contributed by atoms with E-state index in [1.807, 2.05) is 58.0 Å². The molecule has 0 atom stereocenters. The van der Waals surface area contributed by atoms with Gasteiger partial charge in [-0.1, -0.05) is 26.0 Å². The van der Waals surface area contributed by atoms with Gasteiger partial charge < -0.3 is 10.2 Å². The highest BCUT2D eigenvalue weighted by atomic mass is 16.2. The largest absolute Gasteiger partial charge is 0.336 e. The average molecular weight is 393 g/mol. The molecular formula is C23H28N4O2. The molecule has 1 N–H and O–H groups in total. The Hall–Kier alpha value is -3.15. The first-order valence-electron chi connectivity index (χ1n) is 10.1. The highest BCUT2D eigenvalue weighted by Crippen LogP contribution is 2.19. The van der Waals surface area contributed by atoms with Crippen LogP contribution in [0.4, 0.5) is 5.69 Å². The van der Waals surface area contributed by atoms with Gasteiger partial charge in [-0.2, -0.15) is 0 Å². The van der Waals surface area contributed by atoms with Gasteiger partial charge in [0.25, 0.3) is 11.8 Å². The third kappa shape index (κ3) is 4.47. The summed E-state index contributed by atoms with van der Waals surface area (Å²) in [4.78, 5) is 32.4. The van der Waals surface area contributed by atoms with E-state index in [1.54, 1.807) is 15.5 Å². The van der Waals surface area contributed by atoms with E-state index in [-0.39, 0.29) is 23.3 Å². The SMILES string of the molecule is CCCN(CCC)C(=O)c1nc(C(=O)Nc2cc(C)cc(C)c2)c2ccccn12. The Morgan fingerprint density at radius 3 is 2.31 bits per heavy atom. The van der Waals surface area contributed by atoms with Crippen molar-refractivity contribution in [3.05, 3.63) is 65.2 Å². The topological polar surface area (TPSA) is 66.7 Å². The summed E-state index contributed by atoms with van der Waals surface area (Å²) in [5.74, 6) is -0.205. The molecule has 0 aliphatic rings. The van der Waals surface area contributed by atoms with E-state index in [4.69, 9.17) is 0 Å². The Labute approximate surface area is 171 Å². The number of fused-ring (bicyclic) bond motifs is 1. The van der Waals surface area contributed by atoms with Crippen LogP contribution in [0.2, 0.25) is 0 Å². The standard InChI is InChI=1S/C23H28N4O2/c1-5-10-26(11-6-2)23(29)21-25-20(19-9-7-8-12-27(19)21)22(28)24-18-14-16(3)13-17(4)15-18/h7-9,12-15H,5-6,10-11H2,1-4H3,(H,24,28). The first kappa shape index (κ1) is 20.6. The first-order chi connectivity index (χ1) is 13.9. The van der Waals surface area contributed by atoms with E-state index in [9.17, 15) is 9.59 Å². The molecule has 0 bridgehead atoms. The van der Waals surface area contributed by atoms with E-state index in [0.29, 0.717) is 18.6 Å². The number of hydrogen-bond acceptors (Lipinski definition) is 3. The van der Waals surface area contributed by atoms with Crippen LogP contribution < -0.4 is 5.32 Å². The Morgan fingerprint density at radius 1 is 1.03 bits per heavy atom. The minimum atomic E-state index is -0.324. The number of nitrogens with one attached hydrogen (secondary N) is 1. The second-order valence-corrected chi connectivity index (χ2v) is 7.36. The third-order valence-corrected chi connectivity index (χ3v) is 4.71. The fraction of sp³-hybridized carbons (Fsp3) is 0.348. The number of pyridine rings is 1. The van der Waals surface area contributed by atoms with Crippen LogP contribution >= 0.6 is 0 Å². The minimum absolute atomic E-state index is 0.152. The number of amides is 2. The Kier molecular flexibility index (Phi) is 6.32. The molecule has 2 heterocycles. The lowest BCUT2D eigenvalue weighted by Gasteiger charge is -2.20. The molecule has 0 unspecified atom stereocenters. The molecule has 29 heavy (non-hydrogen) atoms. The van der Waals surface area contributed by atoms with Gasteiger partial charge in [-0.05, 0) is 62.1 Å². The lowest BCUT2D eigenvalue weighted by Crippen LogP contribution is -2.33. The average Bonchev–Trinajstić information content (AvgIpc) is 3.06. The second kappa shape index (κ2) is 8.90. The van der Waals surface area contributed by atoms with Gasteiger partial charge in [0, 0.05) is 25.0 Å². The summed E-state index contributed by atoms with van der Waals surface area (Å²) < 4.78 is 1.71. The highest BCUT2D eigenvalue weighted by Gasteiger charge is 2.24. The summed E-state index contributed by atoms with van der Waals surface area (Å²) in [5.41, 5.74) is 3.73. The van der Waals surface area contributed by atoms with Crippen molar-refractivity contribution >= 4 is 23.0 Å². The van der Waals surface area contributed by atoms with Crippen molar-refractivity contribution in [2.75, 3.05) is 18.4 Å². The van der Waals surface area contributed by atoms with Crippen molar-refractivity contribution in [2.45, 2.75) is 40.5 Å². The summed E-state index contributed by atoms with van der Waals surface area (Å²) in [5, 5.41) is 2.92. The summed E-state index contributed by atoms with van der Waals surface area (Å²) in [7, 11) is 0. The minimum Gasteiger partial charge on any atom is -0.336 e. The quantitative estimate of drug-likeness (QED) is 0.645. The summed E-state index contributed by atoms with van der Waals surface area (Å²) in [6.45, 7) is 9.39. The van der Waals surface area contributed by atoms with Gasteiger partial charge in [0.2, 0.25) is 5.82 Å². The molecule has 0 aliphatic heterocycles. The maximum Gasteiger partial charge on any atom is 0.290 e. The number of hydrogen-bond donors (Lipinski definition) is 1. The van der Waals surface area contributed by atoms with E-state index in [0.717, 1.165) is 29.7 Å². The van der Waals surface area contributed by atoms with Gasteiger partial charge in [-0.15, -0.1) is 0 Å². The smallest absolute Gasteiger partial charge is 0.290 e. The van der Waals surface area contributed by atoms with Crippen LogP contribution in [0.1, 0.15) is 58.9 Å². The number of carbonyl (C=O) groups excluding carboxylic acids is 2. The molecular weight excluding hydrogens is 364 g/mol. The number of rotatable bonds is 7. The zero-order chi connectivity index (χ0) is 21.0. The van der Waals surface area contributed by atoms with Crippen LogP contribution in [0, 0.1) is 13.8 Å². The predicted octanol–water partition coefficient (Wildman–Crippen LogP) is 4.47. The molecule has 6 heteroatoms. The molecule has 3 aromatic rings. The van der Waals surface area contributed by atoms with E-state index >= 15 is 0 Å². The molecule has 0 spiro atoms. The number of benzene rings is 1. The molecule has 0 radical (unpaired) electrons. The Morgan fingerprint density at radius 2 is 1.69 bits per heavy atom. The zero-order valence-corrected chi connectivity index (χ0v) is 17.5. The molecule has 0 saturated carbocycles. The summed E-state index contributed by atoms with van der Waals surface area (Å²) in [6.07, 6.45) is 3.52. The fourth-order valence-electron chi connectivity index (χ4n) is 3.59. The summed E-state index contributed by atoms with van der Waals surface area (Å²) >= 11 is 0. The van der Waals surface area contributed by atoms with Crippen molar-refractivity contribution in [1.82, 2.24) is 14.3 Å². The number of anilines is 1. The van der Waals surface area contributed by atoms with Crippen LogP contribution in [0.3, 0.4) is 0 Å². The van der Waals surface area contributed by atoms with Gasteiger partial charge in [-0.3, -0.25) is 14.0 Å². The van der Waals surface area contributed by atoms with E-state index in [2.05, 4.69) is 16.4 Å². The van der Waals surface area contributed by atoms with Gasteiger partial charge in [0.15, 0.2) is 5.69 Å². The maximum atomic E-state index is 13.1. The van der Waals surface area contributed by atoms with Crippen molar-refractivity contribution in [3.8, 4) is 0 Å². The predicted molar refractivity (Wildman–Crippen MR) is 116 cm³/mol. The number of imidazole rings is 1. The van der Waals surface area contributed by atoms with Gasteiger partial charge in [-0.25, -0.2) is 4.98 Å². The van der Waals surface area contributed by atoms with Gasteiger partial charge >= 0.3 is 0 Å². The highest BCUT2D eigenvalue weighted by molar-refractivity contribution is 6.09. The number of nitrogens with zero attached hydrogens (tertiary/aromatic N) is 3. The lowest BCUT2D eigenvalue weighted by molar-refractivity contribution is 0.0742. The van der Waals surface area contributed by atoms with Crippen molar-refractivity contribution in [3.63, 3.8) is 0 Å².